The lowest BCUT2D eigenvalue weighted by Crippen LogP contribution is -2.50. The fourth-order valence-corrected chi connectivity index (χ4v) is 5.33. The van der Waals surface area contributed by atoms with Gasteiger partial charge in [0.1, 0.15) is 0 Å². The summed E-state index contributed by atoms with van der Waals surface area (Å²) in [5.41, 5.74) is -1.75. The number of piperazine rings is 1. The van der Waals surface area contributed by atoms with Crippen LogP contribution in [0.15, 0.2) is 42.5 Å². The van der Waals surface area contributed by atoms with Crippen molar-refractivity contribution in [2.75, 3.05) is 31.1 Å². The number of benzene rings is 2. The van der Waals surface area contributed by atoms with Gasteiger partial charge in [-0.1, -0.05) is 23.7 Å². The van der Waals surface area contributed by atoms with Gasteiger partial charge in [-0.15, -0.1) is 0 Å². The van der Waals surface area contributed by atoms with E-state index in [1.54, 1.807) is 9.80 Å². The van der Waals surface area contributed by atoms with Crippen molar-refractivity contribution in [1.29, 1.82) is 0 Å². The van der Waals surface area contributed by atoms with Gasteiger partial charge in [0.2, 0.25) is 5.91 Å². The van der Waals surface area contributed by atoms with Crippen molar-refractivity contribution >= 4 is 23.2 Å². The Labute approximate surface area is 190 Å². The third-order valence-corrected chi connectivity index (χ3v) is 7.46. The van der Waals surface area contributed by atoms with Crippen LogP contribution in [0.1, 0.15) is 29.5 Å². The number of hydrogen-bond acceptors (Lipinski definition) is 2. The third-order valence-electron chi connectivity index (χ3n) is 7.22. The van der Waals surface area contributed by atoms with E-state index < -0.39 is 34.3 Å². The molecule has 10 heteroatoms. The van der Waals surface area contributed by atoms with Gasteiger partial charge in [0.25, 0.3) is 0 Å². The minimum atomic E-state index is -4.52. The highest BCUT2D eigenvalue weighted by atomic mass is 35.5. The second-order valence-electron chi connectivity index (χ2n) is 9.03. The van der Waals surface area contributed by atoms with Gasteiger partial charge in [-0.05, 0) is 48.7 Å². The number of nitrogens with zero attached hydrogens (tertiary/aromatic N) is 2. The Hall–Kier alpha value is -2.42. The molecule has 3 nitrogen and oxygen atoms in total. The highest BCUT2D eigenvalue weighted by molar-refractivity contribution is 6.30. The van der Waals surface area contributed by atoms with E-state index in [1.165, 1.54) is 24.3 Å². The number of halogens is 7. The van der Waals surface area contributed by atoms with Crippen molar-refractivity contribution in [3.8, 4) is 0 Å². The maximum atomic E-state index is 13.4. The Bertz CT molecular complexity index is 1100. The minimum absolute atomic E-state index is 0.00259. The van der Waals surface area contributed by atoms with Crippen molar-refractivity contribution < 1.29 is 31.1 Å². The summed E-state index contributed by atoms with van der Waals surface area (Å²) in [7, 11) is 0. The zero-order valence-corrected chi connectivity index (χ0v) is 18.0. The van der Waals surface area contributed by atoms with Gasteiger partial charge in [0.05, 0.1) is 22.2 Å². The van der Waals surface area contributed by atoms with Crippen LogP contribution in [0.25, 0.3) is 0 Å². The van der Waals surface area contributed by atoms with Gasteiger partial charge in [-0.2, -0.15) is 26.3 Å². The maximum Gasteiger partial charge on any atom is 0.418 e. The number of carbonyl (C=O) groups is 1. The van der Waals surface area contributed by atoms with Crippen molar-refractivity contribution in [3.63, 3.8) is 0 Å². The second kappa shape index (κ2) is 7.04. The number of amides is 1. The van der Waals surface area contributed by atoms with E-state index in [0.29, 0.717) is 12.8 Å². The fraction of sp³-hybridized carbons (Fsp3) is 0.435. The topological polar surface area (TPSA) is 23.6 Å². The van der Waals surface area contributed by atoms with Crippen LogP contribution in [0.5, 0.6) is 0 Å². The van der Waals surface area contributed by atoms with Crippen molar-refractivity contribution in [1.82, 2.24) is 4.90 Å². The molecular weight excluding hydrogens is 470 g/mol. The van der Waals surface area contributed by atoms with E-state index in [0.717, 1.165) is 23.8 Å². The van der Waals surface area contributed by atoms with Crippen molar-refractivity contribution in [2.24, 2.45) is 5.41 Å². The molecule has 1 aliphatic heterocycles. The van der Waals surface area contributed by atoms with E-state index >= 15 is 0 Å². The molecule has 0 aromatic heterocycles. The normalized spacial score (nSPS) is 26.8. The molecule has 2 aromatic rings. The quantitative estimate of drug-likeness (QED) is 0.513. The monoisotopic (exact) mass is 488 g/mol. The number of hydrogen-bond donors (Lipinski definition) is 0. The molecular formula is C23H19ClF6N2O. The van der Waals surface area contributed by atoms with Gasteiger partial charge in [0.15, 0.2) is 0 Å². The van der Waals surface area contributed by atoms with Crippen LogP contribution in [0.2, 0.25) is 5.02 Å². The molecule has 0 atom stereocenters. The van der Waals surface area contributed by atoms with E-state index in [-0.39, 0.29) is 42.8 Å². The first-order chi connectivity index (χ1) is 15.4. The average molecular weight is 489 g/mol. The molecule has 1 saturated heterocycles. The standard InChI is InChI=1S/C23H19ClF6N2O/c24-16-5-6-17(23(28,29)30)18(11-16)31-7-9-32(10-8-31)19(33)21-12-20(21,13-21)14-1-3-15(4-2-14)22(25,26)27/h1-6,11H,7-10,12-13H2. The number of anilines is 1. The Kier molecular flexibility index (Phi) is 4.77. The van der Waals surface area contributed by atoms with Gasteiger partial charge in [-0.25, -0.2) is 0 Å². The molecule has 2 aromatic carbocycles. The Morgan fingerprint density at radius 3 is 2.00 bits per heavy atom. The highest BCUT2D eigenvalue weighted by Crippen LogP contribution is 2.86. The zero-order chi connectivity index (χ0) is 23.8. The average Bonchev–Trinajstić information content (AvgIpc) is 3.60. The van der Waals surface area contributed by atoms with Crippen molar-refractivity contribution in [2.45, 2.75) is 30.6 Å². The SMILES string of the molecule is O=C(N1CCN(c2cc(Cl)ccc2C(F)(F)F)CC1)C12CC1(c1ccc(C(F)(F)F)cc1)C2. The molecule has 1 amide bonds. The van der Waals surface area contributed by atoms with Crippen LogP contribution in [0.3, 0.4) is 0 Å². The van der Waals surface area contributed by atoms with E-state index in [1.807, 2.05) is 0 Å². The number of rotatable bonds is 3. The summed E-state index contributed by atoms with van der Waals surface area (Å²) in [6.45, 7) is 1.01. The third kappa shape index (κ3) is 3.55. The smallest absolute Gasteiger partial charge is 0.367 e. The highest BCUT2D eigenvalue weighted by Gasteiger charge is 2.87. The molecule has 0 N–H and O–H groups in total. The van der Waals surface area contributed by atoms with Gasteiger partial charge < -0.3 is 9.80 Å². The van der Waals surface area contributed by atoms with E-state index in [9.17, 15) is 31.1 Å². The molecule has 5 rings (SSSR count). The maximum absolute atomic E-state index is 13.4. The largest absolute Gasteiger partial charge is 0.418 e. The molecule has 2 saturated carbocycles. The molecule has 0 bridgehead atoms. The van der Waals surface area contributed by atoms with Crippen LogP contribution >= 0.6 is 11.6 Å². The van der Waals surface area contributed by atoms with E-state index in [2.05, 4.69) is 0 Å². The molecule has 1 heterocycles. The predicted octanol–water partition coefficient (Wildman–Crippen LogP) is 5.76. The first-order valence-corrected chi connectivity index (χ1v) is 10.8. The number of alkyl halides is 6. The van der Waals surface area contributed by atoms with Gasteiger partial charge >= 0.3 is 12.4 Å². The molecule has 0 radical (unpaired) electrons. The summed E-state index contributed by atoms with van der Waals surface area (Å²) in [5.74, 6) is -0.0656. The molecule has 0 spiro atoms. The molecule has 3 fully saturated rings. The van der Waals surface area contributed by atoms with Crippen LogP contribution < -0.4 is 4.90 Å². The van der Waals surface area contributed by atoms with Crippen LogP contribution in [0, 0.1) is 5.41 Å². The number of carbonyl (C=O) groups excluding carboxylic acids is 1. The van der Waals surface area contributed by atoms with Crippen LogP contribution in [-0.4, -0.2) is 37.0 Å². The molecule has 0 unspecified atom stereocenters. The minimum Gasteiger partial charge on any atom is -0.367 e. The molecule has 176 valence electrons. The summed E-state index contributed by atoms with van der Waals surface area (Å²) in [6.07, 6.45) is -7.74. The first-order valence-electron chi connectivity index (χ1n) is 10.5. The zero-order valence-electron chi connectivity index (χ0n) is 17.2. The molecule has 3 aliphatic rings. The Balaban J connectivity index is 1.26. The fourth-order valence-electron chi connectivity index (χ4n) is 5.16. The number of fused-ring (bicyclic) bond motifs is 1. The van der Waals surface area contributed by atoms with Crippen molar-refractivity contribution in [3.05, 3.63) is 64.2 Å². The lowest BCUT2D eigenvalue weighted by atomic mass is 10.0. The summed E-state index contributed by atoms with van der Waals surface area (Å²) in [4.78, 5) is 16.4. The second-order valence-corrected chi connectivity index (χ2v) is 9.47. The summed E-state index contributed by atoms with van der Waals surface area (Å²) in [6, 6.07) is 8.42. The van der Waals surface area contributed by atoms with Gasteiger partial charge in [-0.3, -0.25) is 4.79 Å². The molecule has 2 aliphatic carbocycles. The van der Waals surface area contributed by atoms with Crippen LogP contribution in [0.4, 0.5) is 32.0 Å². The van der Waals surface area contributed by atoms with Crippen LogP contribution in [-0.2, 0) is 22.6 Å². The first kappa shape index (κ1) is 22.4. The van der Waals surface area contributed by atoms with Gasteiger partial charge in [0, 0.05) is 36.6 Å². The Morgan fingerprint density at radius 1 is 0.848 bits per heavy atom. The summed E-state index contributed by atoms with van der Waals surface area (Å²) < 4.78 is 78.7. The predicted molar refractivity (Wildman–Crippen MR) is 110 cm³/mol. The molecule has 33 heavy (non-hydrogen) atoms. The Morgan fingerprint density at radius 2 is 1.45 bits per heavy atom. The summed E-state index contributed by atoms with van der Waals surface area (Å²) >= 11 is 5.93. The summed E-state index contributed by atoms with van der Waals surface area (Å²) in [5, 5.41) is 0.202. The lowest BCUT2D eigenvalue weighted by molar-refractivity contribution is -0.138. The lowest BCUT2D eigenvalue weighted by Gasteiger charge is -2.37. The van der Waals surface area contributed by atoms with E-state index in [4.69, 9.17) is 11.6 Å².